The lowest BCUT2D eigenvalue weighted by Gasteiger charge is -2.39. The lowest BCUT2D eigenvalue weighted by Crippen LogP contribution is -2.43. The van der Waals surface area contributed by atoms with E-state index in [0.29, 0.717) is 13.0 Å². The lowest BCUT2D eigenvalue weighted by atomic mass is 9.82. The Labute approximate surface area is 122 Å². The molecule has 20 heavy (non-hydrogen) atoms. The zero-order valence-corrected chi connectivity index (χ0v) is 13.4. The third-order valence-corrected chi connectivity index (χ3v) is 4.08. The Morgan fingerprint density at radius 3 is 2.15 bits per heavy atom. The average Bonchev–Trinajstić information content (AvgIpc) is 2.45. The van der Waals surface area contributed by atoms with E-state index >= 15 is 0 Å². The predicted molar refractivity (Wildman–Crippen MR) is 82.7 cm³/mol. The molecule has 3 nitrogen and oxygen atoms in total. The molecule has 0 fully saturated rings. The Bertz CT molecular complexity index is 425. The standard InChI is InChI=1S/C17H27NO2/c1-6-14-9-11-15(12-10-14)17(7-2,18(4)5)13-16(19)20-8-3/h9-12H,6-8,13H2,1-5H3. The maximum atomic E-state index is 12.0. The summed E-state index contributed by atoms with van der Waals surface area (Å²) in [5.74, 6) is -0.136. The van der Waals surface area contributed by atoms with Crippen LogP contribution in [0.15, 0.2) is 24.3 Å². The molecule has 0 spiro atoms. The fraction of sp³-hybridized carbons (Fsp3) is 0.588. The van der Waals surface area contributed by atoms with Crippen LogP contribution in [-0.4, -0.2) is 31.6 Å². The minimum absolute atomic E-state index is 0.136. The number of aryl methyl sites for hydroxylation is 1. The van der Waals surface area contributed by atoms with Crippen molar-refractivity contribution in [1.82, 2.24) is 4.90 Å². The van der Waals surface area contributed by atoms with Crippen molar-refractivity contribution in [3.05, 3.63) is 35.4 Å². The molecule has 0 radical (unpaired) electrons. The average molecular weight is 277 g/mol. The summed E-state index contributed by atoms with van der Waals surface area (Å²) in [7, 11) is 4.05. The first-order valence-corrected chi connectivity index (χ1v) is 7.42. The van der Waals surface area contributed by atoms with Gasteiger partial charge in [0.2, 0.25) is 0 Å². The summed E-state index contributed by atoms with van der Waals surface area (Å²) in [6.45, 7) is 6.54. The van der Waals surface area contributed by atoms with E-state index in [-0.39, 0.29) is 11.5 Å². The monoisotopic (exact) mass is 277 g/mol. The van der Waals surface area contributed by atoms with Gasteiger partial charge in [-0.25, -0.2) is 0 Å². The van der Waals surface area contributed by atoms with E-state index in [0.717, 1.165) is 12.8 Å². The van der Waals surface area contributed by atoms with Gasteiger partial charge in [-0.05, 0) is 45.0 Å². The first-order valence-electron chi connectivity index (χ1n) is 7.42. The minimum Gasteiger partial charge on any atom is -0.466 e. The van der Waals surface area contributed by atoms with Crippen LogP contribution in [0.5, 0.6) is 0 Å². The number of hydrogen-bond donors (Lipinski definition) is 0. The van der Waals surface area contributed by atoms with Crippen LogP contribution in [0.25, 0.3) is 0 Å². The third kappa shape index (κ3) is 3.60. The maximum absolute atomic E-state index is 12.0. The van der Waals surface area contributed by atoms with Crippen LogP contribution < -0.4 is 0 Å². The second kappa shape index (κ2) is 7.44. The van der Waals surface area contributed by atoms with Crippen molar-refractivity contribution < 1.29 is 9.53 Å². The smallest absolute Gasteiger partial charge is 0.308 e. The van der Waals surface area contributed by atoms with E-state index < -0.39 is 0 Å². The van der Waals surface area contributed by atoms with Crippen molar-refractivity contribution in [2.45, 2.75) is 45.6 Å². The number of carbonyl (C=O) groups excluding carboxylic acids is 1. The van der Waals surface area contributed by atoms with Crippen LogP contribution in [0.3, 0.4) is 0 Å². The molecule has 1 rings (SSSR count). The fourth-order valence-electron chi connectivity index (χ4n) is 2.67. The van der Waals surface area contributed by atoms with E-state index in [1.54, 1.807) is 0 Å². The van der Waals surface area contributed by atoms with Crippen LogP contribution in [0.2, 0.25) is 0 Å². The SMILES string of the molecule is CCOC(=O)CC(CC)(c1ccc(CC)cc1)N(C)C. The number of nitrogens with zero attached hydrogens (tertiary/aromatic N) is 1. The van der Waals surface area contributed by atoms with Crippen LogP contribution in [0.4, 0.5) is 0 Å². The molecule has 0 saturated heterocycles. The number of hydrogen-bond acceptors (Lipinski definition) is 3. The van der Waals surface area contributed by atoms with Gasteiger partial charge < -0.3 is 4.74 Å². The Balaban J connectivity index is 3.11. The number of ether oxygens (including phenoxy) is 1. The molecule has 0 N–H and O–H groups in total. The van der Waals surface area contributed by atoms with Gasteiger partial charge >= 0.3 is 5.97 Å². The number of benzene rings is 1. The molecule has 1 aromatic rings. The lowest BCUT2D eigenvalue weighted by molar-refractivity contribution is -0.146. The quantitative estimate of drug-likeness (QED) is 0.716. The van der Waals surface area contributed by atoms with Crippen LogP contribution in [0.1, 0.15) is 44.7 Å². The van der Waals surface area contributed by atoms with Crippen LogP contribution in [0, 0.1) is 0 Å². The van der Waals surface area contributed by atoms with Gasteiger partial charge in [-0.2, -0.15) is 0 Å². The first-order chi connectivity index (χ1) is 9.50. The van der Waals surface area contributed by atoms with Crippen molar-refractivity contribution >= 4 is 5.97 Å². The molecule has 0 saturated carbocycles. The van der Waals surface area contributed by atoms with Gasteiger partial charge in [0, 0.05) is 0 Å². The Hall–Kier alpha value is -1.35. The molecule has 0 aromatic heterocycles. The molecule has 0 amide bonds. The molecule has 0 aliphatic heterocycles. The zero-order chi connectivity index (χ0) is 15.2. The van der Waals surface area contributed by atoms with E-state index in [9.17, 15) is 4.79 Å². The van der Waals surface area contributed by atoms with Crippen molar-refractivity contribution in [1.29, 1.82) is 0 Å². The summed E-state index contributed by atoms with van der Waals surface area (Å²) in [4.78, 5) is 14.1. The Kier molecular flexibility index (Phi) is 6.21. The summed E-state index contributed by atoms with van der Waals surface area (Å²) in [5, 5.41) is 0. The normalized spacial score (nSPS) is 14.1. The number of carbonyl (C=O) groups is 1. The summed E-state index contributed by atoms with van der Waals surface area (Å²) in [6.07, 6.45) is 2.28. The highest BCUT2D eigenvalue weighted by molar-refractivity contribution is 5.71. The second-order valence-corrected chi connectivity index (χ2v) is 5.31. The number of esters is 1. The summed E-state index contributed by atoms with van der Waals surface area (Å²) >= 11 is 0. The summed E-state index contributed by atoms with van der Waals surface area (Å²) in [5.41, 5.74) is 2.20. The van der Waals surface area contributed by atoms with Gasteiger partial charge in [0.15, 0.2) is 0 Å². The predicted octanol–water partition coefficient (Wildman–Crippen LogP) is 3.37. The van der Waals surface area contributed by atoms with Crippen molar-refractivity contribution in [2.24, 2.45) is 0 Å². The van der Waals surface area contributed by atoms with Crippen molar-refractivity contribution in [3.8, 4) is 0 Å². The summed E-state index contributed by atoms with van der Waals surface area (Å²) in [6, 6.07) is 8.58. The third-order valence-electron chi connectivity index (χ3n) is 4.08. The fourth-order valence-corrected chi connectivity index (χ4v) is 2.67. The van der Waals surface area contributed by atoms with Gasteiger partial charge in [0.05, 0.1) is 18.6 Å². The van der Waals surface area contributed by atoms with Crippen molar-refractivity contribution in [3.63, 3.8) is 0 Å². The summed E-state index contributed by atoms with van der Waals surface area (Å²) < 4.78 is 5.15. The zero-order valence-electron chi connectivity index (χ0n) is 13.4. The highest BCUT2D eigenvalue weighted by Gasteiger charge is 2.35. The van der Waals surface area contributed by atoms with Gasteiger partial charge in [-0.1, -0.05) is 38.1 Å². The molecule has 0 bridgehead atoms. The molecule has 0 aliphatic rings. The Morgan fingerprint density at radius 1 is 1.15 bits per heavy atom. The molecular formula is C17H27NO2. The molecule has 0 heterocycles. The minimum atomic E-state index is -0.293. The van der Waals surface area contributed by atoms with E-state index in [1.807, 2.05) is 21.0 Å². The molecule has 112 valence electrons. The van der Waals surface area contributed by atoms with E-state index in [4.69, 9.17) is 4.74 Å². The molecule has 1 atom stereocenters. The highest BCUT2D eigenvalue weighted by Crippen LogP contribution is 2.34. The van der Waals surface area contributed by atoms with Crippen LogP contribution in [-0.2, 0) is 21.5 Å². The van der Waals surface area contributed by atoms with Gasteiger partial charge in [0.1, 0.15) is 0 Å². The van der Waals surface area contributed by atoms with Gasteiger partial charge in [-0.15, -0.1) is 0 Å². The number of rotatable bonds is 7. The maximum Gasteiger partial charge on any atom is 0.308 e. The Morgan fingerprint density at radius 2 is 1.75 bits per heavy atom. The topological polar surface area (TPSA) is 29.5 Å². The highest BCUT2D eigenvalue weighted by atomic mass is 16.5. The van der Waals surface area contributed by atoms with Crippen LogP contribution >= 0.6 is 0 Å². The molecule has 3 heteroatoms. The molecular weight excluding hydrogens is 250 g/mol. The van der Waals surface area contributed by atoms with E-state index in [2.05, 4.69) is 43.0 Å². The molecule has 0 aliphatic carbocycles. The molecule has 1 unspecified atom stereocenters. The first kappa shape index (κ1) is 16.7. The largest absolute Gasteiger partial charge is 0.466 e. The molecule has 1 aromatic carbocycles. The van der Waals surface area contributed by atoms with Gasteiger partial charge in [-0.3, -0.25) is 9.69 Å². The van der Waals surface area contributed by atoms with Crippen molar-refractivity contribution in [2.75, 3.05) is 20.7 Å². The van der Waals surface area contributed by atoms with E-state index in [1.165, 1.54) is 11.1 Å². The second-order valence-electron chi connectivity index (χ2n) is 5.31. The van der Waals surface area contributed by atoms with Gasteiger partial charge in [0.25, 0.3) is 0 Å².